The monoisotopic (exact) mass is 401 g/mol. The Morgan fingerprint density at radius 3 is 2.46 bits per heavy atom. The average molecular weight is 402 g/mol. The Bertz CT molecular complexity index is 803. The lowest BCUT2D eigenvalue weighted by Crippen LogP contribution is -2.45. The fourth-order valence-electron chi connectivity index (χ4n) is 2.62. The number of allylic oxidation sites excluding steroid dienone is 1. The van der Waals surface area contributed by atoms with Crippen molar-refractivity contribution in [1.29, 1.82) is 0 Å². The third-order valence-electron chi connectivity index (χ3n) is 3.75. The molecule has 1 amide bonds. The molecule has 0 saturated carbocycles. The number of anilines is 1. The van der Waals surface area contributed by atoms with Gasteiger partial charge in [-0.3, -0.25) is 4.79 Å². The predicted octanol–water partition coefficient (Wildman–Crippen LogP) is 3.88. The van der Waals surface area contributed by atoms with Crippen molar-refractivity contribution in [3.8, 4) is 0 Å². The topological polar surface area (TPSA) is 53.2 Å². The van der Waals surface area contributed by atoms with Crippen molar-refractivity contribution in [3.05, 3.63) is 75.9 Å². The Kier molecular flexibility index (Phi) is 4.97. The molecule has 3 rings (SSSR count). The number of carbonyl (C=O) groups is 1. The van der Waals surface area contributed by atoms with E-state index in [-0.39, 0.29) is 11.9 Å². The molecule has 0 aliphatic carbocycles. The van der Waals surface area contributed by atoms with E-state index in [1.807, 2.05) is 61.5 Å². The van der Waals surface area contributed by atoms with E-state index in [1.165, 1.54) is 0 Å². The van der Waals surface area contributed by atoms with Gasteiger partial charge in [0.2, 0.25) is 0 Å². The maximum absolute atomic E-state index is 12.8. The lowest BCUT2D eigenvalue weighted by molar-refractivity contribution is -0.113. The van der Waals surface area contributed by atoms with Crippen LogP contribution in [0.1, 0.15) is 18.5 Å². The standard InChI is InChI=1S/C18H16BrN3OS/c1-11-15(17(23)21-14-5-3-2-4-6-14)16(22-18(24)20-11)12-7-9-13(19)10-8-12/h2-10,16H,1H3,(H,21,23)(H2,20,22,24). The van der Waals surface area contributed by atoms with Crippen LogP contribution in [0.5, 0.6) is 0 Å². The van der Waals surface area contributed by atoms with E-state index in [9.17, 15) is 4.79 Å². The molecule has 0 bridgehead atoms. The average Bonchev–Trinajstić information content (AvgIpc) is 2.55. The number of hydrogen-bond donors (Lipinski definition) is 3. The van der Waals surface area contributed by atoms with Crippen LogP contribution in [0.2, 0.25) is 0 Å². The molecule has 6 heteroatoms. The van der Waals surface area contributed by atoms with Gasteiger partial charge in [0.15, 0.2) is 5.11 Å². The lowest BCUT2D eigenvalue weighted by Gasteiger charge is -2.30. The predicted molar refractivity (Wildman–Crippen MR) is 104 cm³/mol. The Hall–Kier alpha value is -2.18. The van der Waals surface area contributed by atoms with E-state index >= 15 is 0 Å². The van der Waals surface area contributed by atoms with Crippen molar-refractivity contribution in [3.63, 3.8) is 0 Å². The number of para-hydroxylation sites is 1. The molecule has 0 spiro atoms. The molecule has 1 atom stereocenters. The van der Waals surface area contributed by atoms with Crippen molar-refractivity contribution in [1.82, 2.24) is 10.6 Å². The minimum absolute atomic E-state index is 0.158. The highest BCUT2D eigenvalue weighted by molar-refractivity contribution is 9.10. The van der Waals surface area contributed by atoms with Crippen LogP contribution < -0.4 is 16.0 Å². The number of carbonyl (C=O) groups excluding carboxylic acids is 1. The van der Waals surface area contributed by atoms with Gasteiger partial charge in [0.05, 0.1) is 11.6 Å². The Morgan fingerprint density at radius 1 is 1.12 bits per heavy atom. The number of halogens is 1. The van der Waals surface area contributed by atoms with Crippen LogP contribution >= 0.6 is 28.1 Å². The lowest BCUT2D eigenvalue weighted by atomic mass is 9.95. The van der Waals surface area contributed by atoms with Crippen molar-refractivity contribution in [2.75, 3.05) is 5.32 Å². The Labute approximate surface area is 154 Å². The summed E-state index contributed by atoms with van der Waals surface area (Å²) in [6.07, 6.45) is 0. The highest BCUT2D eigenvalue weighted by Crippen LogP contribution is 2.28. The summed E-state index contributed by atoms with van der Waals surface area (Å²) in [4.78, 5) is 12.8. The molecule has 1 heterocycles. The second-order valence-corrected chi connectivity index (χ2v) is 6.77. The van der Waals surface area contributed by atoms with Gasteiger partial charge < -0.3 is 16.0 Å². The molecule has 122 valence electrons. The fourth-order valence-corrected chi connectivity index (χ4v) is 3.16. The molecule has 0 aromatic heterocycles. The molecule has 1 aliphatic heterocycles. The zero-order valence-corrected chi connectivity index (χ0v) is 15.4. The minimum Gasteiger partial charge on any atom is -0.351 e. The van der Waals surface area contributed by atoms with Gasteiger partial charge in [-0.1, -0.05) is 46.3 Å². The van der Waals surface area contributed by atoms with Crippen LogP contribution in [-0.2, 0) is 4.79 Å². The number of amides is 1. The Morgan fingerprint density at radius 2 is 1.79 bits per heavy atom. The third kappa shape index (κ3) is 3.66. The van der Waals surface area contributed by atoms with Crippen molar-refractivity contribution in [2.45, 2.75) is 13.0 Å². The summed E-state index contributed by atoms with van der Waals surface area (Å²) >= 11 is 8.69. The van der Waals surface area contributed by atoms with E-state index < -0.39 is 0 Å². The summed E-state index contributed by atoms with van der Waals surface area (Å²) in [7, 11) is 0. The molecule has 1 aliphatic rings. The van der Waals surface area contributed by atoms with E-state index in [1.54, 1.807) is 0 Å². The first-order chi connectivity index (χ1) is 11.5. The first kappa shape index (κ1) is 16.7. The van der Waals surface area contributed by atoms with Crippen LogP contribution in [0.15, 0.2) is 70.3 Å². The SMILES string of the molecule is CC1=C(C(=O)Nc2ccccc2)C(c2ccc(Br)cc2)NC(=S)N1. The first-order valence-electron chi connectivity index (χ1n) is 7.45. The molecule has 1 unspecified atom stereocenters. The van der Waals surface area contributed by atoms with Gasteiger partial charge in [-0.15, -0.1) is 0 Å². The molecular weight excluding hydrogens is 386 g/mol. The van der Waals surface area contributed by atoms with Gasteiger partial charge in [-0.25, -0.2) is 0 Å². The minimum atomic E-state index is -0.296. The number of nitrogens with one attached hydrogen (secondary N) is 3. The summed E-state index contributed by atoms with van der Waals surface area (Å²) in [6, 6.07) is 16.9. The van der Waals surface area contributed by atoms with Crippen LogP contribution in [0.3, 0.4) is 0 Å². The number of benzene rings is 2. The quantitative estimate of drug-likeness (QED) is 0.683. The smallest absolute Gasteiger partial charge is 0.255 e. The van der Waals surface area contributed by atoms with Gasteiger partial charge >= 0.3 is 0 Å². The highest BCUT2D eigenvalue weighted by Gasteiger charge is 2.29. The maximum atomic E-state index is 12.8. The van der Waals surface area contributed by atoms with Gasteiger partial charge in [0.1, 0.15) is 0 Å². The molecule has 2 aromatic carbocycles. The molecular formula is C18H16BrN3OS. The third-order valence-corrected chi connectivity index (χ3v) is 4.50. The summed E-state index contributed by atoms with van der Waals surface area (Å²) in [6.45, 7) is 1.86. The highest BCUT2D eigenvalue weighted by atomic mass is 79.9. The molecule has 4 nitrogen and oxygen atoms in total. The van der Waals surface area contributed by atoms with E-state index in [0.29, 0.717) is 10.7 Å². The number of rotatable bonds is 3. The van der Waals surface area contributed by atoms with Crippen LogP contribution in [0.4, 0.5) is 5.69 Å². The van der Waals surface area contributed by atoms with Gasteiger partial charge in [0, 0.05) is 15.9 Å². The summed E-state index contributed by atoms with van der Waals surface area (Å²) in [5.41, 5.74) is 3.10. The molecule has 24 heavy (non-hydrogen) atoms. The van der Waals surface area contributed by atoms with E-state index in [0.717, 1.165) is 21.4 Å². The summed E-state index contributed by atoms with van der Waals surface area (Å²) < 4.78 is 0.985. The fraction of sp³-hybridized carbons (Fsp3) is 0.111. The van der Waals surface area contributed by atoms with Gasteiger partial charge in [-0.05, 0) is 49.0 Å². The van der Waals surface area contributed by atoms with Crippen molar-refractivity contribution < 1.29 is 4.79 Å². The molecule has 0 radical (unpaired) electrons. The van der Waals surface area contributed by atoms with Gasteiger partial charge in [-0.2, -0.15) is 0 Å². The summed E-state index contributed by atoms with van der Waals surface area (Å²) in [5.74, 6) is -0.158. The second kappa shape index (κ2) is 7.15. The Balaban J connectivity index is 1.94. The van der Waals surface area contributed by atoms with E-state index in [4.69, 9.17) is 12.2 Å². The van der Waals surface area contributed by atoms with Crippen LogP contribution in [0.25, 0.3) is 0 Å². The van der Waals surface area contributed by atoms with Gasteiger partial charge in [0.25, 0.3) is 5.91 Å². The maximum Gasteiger partial charge on any atom is 0.255 e. The second-order valence-electron chi connectivity index (χ2n) is 5.44. The first-order valence-corrected chi connectivity index (χ1v) is 8.65. The van der Waals surface area contributed by atoms with E-state index in [2.05, 4.69) is 31.9 Å². The molecule has 3 N–H and O–H groups in total. The van der Waals surface area contributed by atoms with Crippen molar-refractivity contribution in [2.24, 2.45) is 0 Å². The number of thiocarbonyl (C=S) groups is 1. The summed E-state index contributed by atoms with van der Waals surface area (Å²) in [5, 5.41) is 9.67. The number of hydrogen-bond acceptors (Lipinski definition) is 2. The molecule has 0 saturated heterocycles. The molecule has 2 aromatic rings. The largest absolute Gasteiger partial charge is 0.351 e. The zero-order valence-electron chi connectivity index (χ0n) is 13.0. The zero-order chi connectivity index (χ0) is 17.1. The van der Waals surface area contributed by atoms with Crippen molar-refractivity contribution >= 4 is 44.9 Å². The van der Waals surface area contributed by atoms with Crippen LogP contribution in [0, 0.1) is 0 Å². The molecule has 0 fully saturated rings. The normalized spacial score (nSPS) is 17.1. The van der Waals surface area contributed by atoms with Crippen LogP contribution in [-0.4, -0.2) is 11.0 Å².